The minimum atomic E-state index is -0.310. The molecule has 0 spiro atoms. The summed E-state index contributed by atoms with van der Waals surface area (Å²) in [7, 11) is 1.53. The maximum absolute atomic E-state index is 12.0. The number of allylic oxidation sites excluding steroid dienone is 4. The van der Waals surface area contributed by atoms with Crippen LogP contribution in [0.1, 0.15) is 50.3 Å². The van der Waals surface area contributed by atoms with Gasteiger partial charge in [-0.05, 0) is 54.4 Å². The summed E-state index contributed by atoms with van der Waals surface area (Å²) in [6.07, 6.45) is 4.84. The fourth-order valence-electron chi connectivity index (χ4n) is 4.10. The monoisotopic (exact) mass is 534 g/mol. The topological polar surface area (TPSA) is 130 Å². The summed E-state index contributed by atoms with van der Waals surface area (Å²) in [5.41, 5.74) is 3.35. The van der Waals surface area contributed by atoms with Crippen LogP contribution in [0, 0.1) is 13.8 Å². The highest BCUT2D eigenvalue weighted by Crippen LogP contribution is 2.36. The number of aryl methyl sites for hydroxylation is 2. The zero-order chi connectivity index (χ0) is 29.0. The molecule has 0 fully saturated rings. The molecule has 4 aromatic rings. The van der Waals surface area contributed by atoms with Crippen molar-refractivity contribution in [3.63, 3.8) is 0 Å². The molecule has 0 aliphatic carbocycles. The molecule has 8 nitrogen and oxygen atoms in total. The molecule has 0 saturated carbocycles. The summed E-state index contributed by atoms with van der Waals surface area (Å²) in [5, 5.41) is 30.4. The average molecular weight is 535 g/mol. The highest BCUT2D eigenvalue weighted by molar-refractivity contribution is 5.88. The van der Waals surface area contributed by atoms with Crippen molar-refractivity contribution in [3.05, 3.63) is 90.7 Å². The van der Waals surface area contributed by atoms with E-state index in [-0.39, 0.29) is 44.5 Å². The third-order valence-electron chi connectivity index (χ3n) is 6.01. The van der Waals surface area contributed by atoms with Crippen LogP contribution in [0.15, 0.2) is 66.0 Å². The number of benzene rings is 2. The van der Waals surface area contributed by atoms with Crippen molar-refractivity contribution in [1.82, 2.24) is 0 Å². The van der Waals surface area contributed by atoms with Gasteiger partial charge >= 0.3 is 0 Å². The summed E-state index contributed by atoms with van der Waals surface area (Å²) >= 11 is 0. The molecule has 2 heterocycles. The van der Waals surface area contributed by atoms with Crippen molar-refractivity contribution in [3.8, 4) is 23.0 Å². The molecular weight excluding hydrogens is 500 g/mol. The number of hydrogen-bond donors (Lipinski definition) is 3. The van der Waals surface area contributed by atoms with Crippen LogP contribution in [0.25, 0.3) is 21.9 Å². The van der Waals surface area contributed by atoms with Gasteiger partial charge in [0.2, 0.25) is 0 Å². The number of rotatable bonds is 5. The normalized spacial score (nSPS) is 10.6. The second-order valence-corrected chi connectivity index (χ2v) is 9.79. The number of aromatic hydroxyl groups is 3. The molecular formula is C31H34O8. The Morgan fingerprint density at radius 3 is 1.87 bits per heavy atom. The van der Waals surface area contributed by atoms with Crippen molar-refractivity contribution in [2.45, 2.75) is 54.4 Å². The van der Waals surface area contributed by atoms with E-state index in [0.29, 0.717) is 41.3 Å². The third kappa shape index (κ3) is 6.52. The summed E-state index contributed by atoms with van der Waals surface area (Å²) in [4.78, 5) is 23.9. The van der Waals surface area contributed by atoms with Gasteiger partial charge in [0, 0.05) is 35.4 Å². The first-order valence-electron chi connectivity index (χ1n) is 12.4. The van der Waals surface area contributed by atoms with E-state index in [1.54, 1.807) is 13.8 Å². The molecule has 8 heteroatoms. The van der Waals surface area contributed by atoms with Gasteiger partial charge in [-0.25, -0.2) is 0 Å². The van der Waals surface area contributed by atoms with Crippen LogP contribution in [0.3, 0.4) is 0 Å². The van der Waals surface area contributed by atoms with Crippen molar-refractivity contribution < 1.29 is 28.9 Å². The number of phenols is 3. The maximum atomic E-state index is 12.0. The Morgan fingerprint density at radius 1 is 0.769 bits per heavy atom. The first-order chi connectivity index (χ1) is 18.3. The van der Waals surface area contributed by atoms with Crippen LogP contribution < -0.4 is 15.6 Å². The van der Waals surface area contributed by atoms with Crippen LogP contribution in [0.5, 0.6) is 23.0 Å². The van der Waals surface area contributed by atoms with Crippen molar-refractivity contribution in [2.75, 3.05) is 7.11 Å². The van der Waals surface area contributed by atoms with Crippen molar-refractivity contribution in [1.29, 1.82) is 0 Å². The number of ether oxygens (including phenoxy) is 1. The molecule has 3 N–H and O–H groups in total. The van der Waals surface area contributed by atoms with E-state index in [1.165, 1.54) is 31.4 Å². The highest BCUT2D eigenvalue weighted by Gasteiger charge is 2.18. The molecule has 0 aliphatic heterocycles. The summed E-state index contributed by atoms with van der Waals surface area (Å²) < 4.78 is 16.3. The quantitative estimate of drug-likeness (QED) is 0.253. The largest absolute Gasteiger partial charge is 0.507 e. The Hall–Kier alpha value is -4.46. The fraction of sp³-hybridized carbons (Fsp3) is 0.290. The SMILES string of the molecule is CC(C)=CCc1c(O)cc2oc(C)cc(=O)c2c1O.COc1cc(O)c2c(=O)cc(C)oc2c1CC=C(C)C. The lowest BCUT2D eigenvalue weighted by molar-refractivity contribution is 0.403. The molecule has 0 amide bonds. The second kappa shape index (κ2) is 11.9. The third-order valence-corrected chi connectivity index (χ3v) is 6.01. The van der Waals surface area contributed by atoms with Crippen LogP contribution in [0.4, 0.5) is 0 Å². The minimum absolute atomic E-state index is 0.0729. The Balaban J connectivity index is 0.000000216. The van der Waals surface area contributed by atoms with E-state index in [1.807, 2.05) is 39.8 Å². The van der Waals surface area contributed by atoms with Gasteiger partial charge in [-0.2, -0.15) is 0 Å². The molecule has 0 bridgehead atoms. The summed E-state index contributed by atoms with van der Waals surface area (Å²) in [6.45, 7) is 11.2. The Labute approximate surface area is 226 Å². The highest BCUT2D eigenvalue weighted by atomic mass is 16.5. The number of hydrogen-bond acceptors (Lipinski definition) is 8. The van der Waals surface area contributed by atoms with Crippen LogP contribution >= 0.6 is 0 Å². The number of phenolic OH excluding ortho intramolecular Hbond substituents is 3. The standard InChI is InChI=1S/C16H18O4.C15H16O4/c1-9(2)5-6-11-14(19-4)8-13(18)15-12(17)7-10(3)20-16(11)15;1-8(2)4-5-10-11(16)7-13-14(15(10)18)12(17)6-9(3)19-13/h5,7-8,18H,6H2,1-4H3;4,6-7,16,18H,5H2,1-3H3. The molecule has 0 saturated heterocycles. The zero-order valence-electron chi connectivity index (χ0n) is 23.3. The molecule has 0 atom stereocenters. The van der Waals surface area contributed by atoms with Crippen LogP contribution in [-0.2, 0) is 12.8 Å². The predicted molar refractivity (Wildman–Crippen MR) is 152 cm³/mol. The number of methoxy groups -OCH3 is 1. The van der Waals surface area contributed by atoms with E-state index < -0.39 is 0 Å². The van der Waals surface area contributed by atoms with Gasteiger partial charge < -0.3 is 28.9 Å². The van der Waals surface area contributed by atoms with Crippen LogP contribution in [-0.4, -0.2) is 22.4 Å². The Bertz CT molecular complexity index is 1710. The second-order valence-electron chi connectivity index (χ2n) is 9.79. The fourth-order valence-corrected chi connectivity index (χ4v) is 4.10. The molecule has 0 unspecified atom stereocenters. The minimum Gasteiger partial charge on any atom is -0.507 e. The van der Waals surface area contributed by atoms with Gasteiger partial charge in [0.05, 0.1) is 7.11 Å². The van der Waals surface area contributed by atoms with Crippen molar-refractivity contribution >= 4 is 21.9 Å². The van der Waals surface area contributed by atoms with Gasteiger partial charge in [-0.15, -0.1) is 0 Å². The van der Waals surface area contributed by atoms with E-state index in [0.717, 1.165) is 16.7 Å². The Morgan fingerprint density at radius 2 is 1.31 bits per heavy atom. The lowest BCUT2D eigenvalue weighted by Crippen LogP contribution is -2.04. The van der Waals surface area contributed by atoms with E-state index >= 15 is 0 Å². The molecule has 206 valence electrons. The summed E-state index contributed by atoms with van der Waals surface area (Å²) in [5.74, 6) is 1.06. The Kier molecular flexibility index (Phi) is 8.91. The van der Waals surface area contributed by atoms with Gasteiger partial charge in [-0.3, -0.25) is 9.59 Å². The first kappa shape index (κ1) is 29.1. The molecule has 2 aromatic carbocycles. The van der Waals surface area contributed by atoms with Gasteiger partial charge in [0.25, 0.3) is 0 Å². The smallest absolute Gasteiger partial charge is 0.196 e. The number of fused-ring (bicyclic) bond motifs is 2. The maximum Gasteiger partial charge on any atom is 0.196 e. The molecule has 39 heavy (non-hydrogen) atoms. The average Bonchev–Trinajstić information content (AvgIpc) is 2.82. The molecule has 4 rings (SSSR count). The molecule has 2 aromatic heterocycles. The van der Waals surface area contributed by atoms with E-state index in [4.69, 9.17) is 13.6 Å². The lowest BCUT2D eigenvalue weighted by Gasteiger charge is -2.11. The summed E-state index contributed by atoms with van der Waals surface area (Å²) in [6, 6.07) is 5.53. The van der Waals surface area contributed by atoms with E-state index in [9.17, 15) is 24.9 Å². The molecule has 0 radical (unpaired) electrons. The first-order valence-corrected chi connectivity index (χ1v) is 12.4. The predicted octanol–water partition coefficient (Wildman–Crippen LogP) is 6.35. The van der Waals surface area contributed by atoms with E-state index in [2.05, 4.69) is 0 Å². The van der Waals surface area contributed by atoms with Gasteiger partial charge in [0.1, 0.15) is 56.5 Å². The van der Waals surface area contributed by atoms with Crippen LogP contribution in [0.2, 0.25) is 0 Å². The zero-order valence-corrected chi connectivity index (χ0v) is 23.3. The molecule has 0 aliphatic rings. The van der Waals surface area contributed by atoms with Crippen molar-refractivity contribution in [2.24, 2.45) is 0 Å². The lowest BCUT2D eigenvalue weighted by atomic mass is 10.0. The van der Waals surface area contributed by atoms with Gasteiger partial charge in [-0.1, -0.05) is 23.3 Å². The van der Waals surface area contributed by atoms with Gasteiger partial charge in [0.15, 0.2) is 10.9 Å².